The molecule has 170 valence electrons. The maximum Gasteiger partial charge on any atom is 0.315 e. The number of rotatable bonds is 5. The van der Waals surface area contributed by atoms with Crippen molar-refractivity contribution in [3.63, 3.8) is 0 Å². The Kier molecular flexibility index (Phi) is 7.20. The van der Waals surface area contributed by atoms with E-state index < -0.39 is 7.26 Å². The van der Waals surface area contributed by atoms with Crippen molar-refractivity contribution in [2.75, 3.05) is 0 Å². The second-order valence-corrected chi connectivity index (χ2v) is 11.4. The SMILES string of the molecule is Cc1c([P+](c2ccccc2)(c2ccccc2)c2ccccc2)c(=O)n(-c2ccccc2)n1C.I. The Labute approximate surface area is 218 Å². The van der Waals surface area contributed by atoms with Gasteiger partial charge < -0.3 is 0 Å². The molecule has 0 radical (unpaired) electrons. The largest absolute Gasteiger partial charge is 0.315 e. The van der Waals surface area contributed by atoms with Crippen molar-refractivity contribution in [2.24, 2.45) is 7.05 Å². The molecule has 0 N–H and O–H groups in total. The first kappa shape index (κ1) is 24.2. The molecule has 0 spiro atoms. The molecule has 0 unspecified atom stereocenters. The van der Waals surface area contributed by atoms with E-state index >= 15 is 0 Å². The second kappa shape index (κ2) is 10.1. The zero-order valence-corrected chi connectivity index (χ0v) is 22.4. The highest BCUT2D eigenvalue weighted by atomic mass is 127. The van der Waals surface area contributed by atoms with Gasteiger partial charge in [-0.25, -0.2) is 4.68 Å². The van der Waals surface area contributed by atoms with E-state index in [1.165, 1.54) is 15.9 Å². The van der Waals surface area contributed by atoms with Gasteiger partial charge in [0.2, 0.25) is 0 Å². The molecular weight excluding hydrogens is 550 g/mol. The summed E-state index contributed by atoms with van der Waals surface area (Å²) in [5.41, 5.74) is 1.88. The third kappa shape index (κ3) is 3.85. The van der Waals surface area contributed by atoms with Crippen LogP contribution in [-0.2, 0) is 7.05 Å². The number of hydrogen-bond donors (Lipinski definition) is 0. The minimum Gasteiger partial charge on any atom is -0.281 e. The van der Waals surface area contributed by atoms with Crippen molar-refractivity contribution < 1.29 is 0 Å². The zero-order valence-electron chi connectivity index (χ0n) is 19.2. The van der Waals surface area contributed by atoms with Gasteiger partial charge in [0.05, 0.1) is 11.4 Å². The Morgan fingerprint density at radius 2 is 0.941 bits per heavy atom. The summed E-state index contributed by atoms with van der Waals surface area (Å²) in [5, 5.41) is 4.40. The zero-order chi connectivity index (χ0) is 22.8. The minimum atomic E-state index is -2.46. The number of hydrogen-bond acceptors (Lipinski definition) is 1. The van der Waals surface area contributed by atoms with Gasteiger partial charge in [0, 0.05) is 7.05 Å². The predicted molar refractivity (Wildman–Crippen MR) is 156 cm³/mol. The van der Waals surface area contributed by atoms with Crippen molar-refractivity contribution in [3.05, 3.63) is 137 Å². The van der Waals surface area contributed by atoms with E-state index in [-0.39, 0.29) is 29.5 Å². The summed E-state index contributed by atoms with van der Waals surface area (Å²) in [7, 11) is -0.486. The third-order valence-corrected chi connectivity index (χ3v) is 10.7. The van der Waals surface area contributed by atoms with Gasteiger partial charge in [0.25, 0.3) is 0 Å². The summed E-state index contributed by atoms with van der Waals surface area (Å²) >= 11 is 0. The molecule has 0 atom stereocenters. The van der Waals surface area contributed by atoms with Gasteiger partial charge >= 0.3 is 5.56 Å². The van der Waals surface area contributed by atoms with Crippen LogP contribution >= 0.6 is 31.2 Å². The fraction of sp³-hybridized carbons (Fsp3) is 0.0690. The summed E-state index contributed by atoms with van der Waals surface area (Å²) in [4.78, 5) is 14.3. The van der Waals surface area contributed by atoms with Gasteiger partial charge in [-0.05, 0) is 55.5 Å². The summed E-state index contributed by atoms with van der Waals surface area (Å²) in [6.45, 7) is 2.07. The molecule has 0 fully saturated rings. The topological polar surface area (TPSA) is 26.9 Å². The number of nitrogens with zero attached hydrogens (tertiary/aromatic N) is 2. The molecule has 5 rings (SSSR count). The molecule has 34 heavy (non-hydrogen) atoms. The quantitative estimate of drug-likeness (QED) is 0.220. The van der Waals surface area contributed by atoms with Crippen LogP contribution in [0.5, 0.6) is 0 Å². The van der Waals surface area contributed by atoms with E-state index in [4.69, 9.17) is 0 Å². The van der Waals surface area contributed by atoms with Gasteiger partial charge in [-0.1, -0.05) is 72.8 Å². The van der Waals surface area contributed by atoms with Crippen LogP contribution in [0, 0.1) is 6.92 Å². The Hall–Kier alpha value is -2.95. The van der Waals surface area contributed by atoms with Crippen LogP contribution in [-0.4, -0.2) is 9.36 Å². The number of aromatic nitrogens is 2. The van der Waals surface area contributed by atoms with Crippen molar-refractivity contribution in [3.8, 4) is 5.69 Å². The molecule has 5 heteroatoms. The Balaban J connectivity index is 0.00000274. The lowest BCUT2D eigenvalue weighted by atomic mass is 10.3. The Bertz CT molecular complexity index is 1330. The summed E-state index contributed by atoms with van der Waals surface area (Å²) in [6, 6.07) is 41.5. The molecule has 0 saturated carbocycles. The molecule has 0 aliphatic heterocycles. The second-order valence-electron chi connectivity index (χ2n) is 8.09. The first-order valence-corrected chi connectivity index (χ1v) is 12.8. The van der Waals surface area contributed by atoms with Crippen LogP contribution in [0.3, 0.4) is 0 Å². The highest BCUT2D eigenvalue weighted by molar-refractivity contribution is 14.0. The lowest BCUT2D eigenvalue weighted by Crippen LogP contribution is -2.45. The third-order valence-electron chi connectivity index (χ3n) is 6.29. The molecule has 0 amide bonds. The normalized spacial score (nSPS) is 11.1. The predicted octanol–water partition coefficient (Wildman–Crippen LogP) is 4.72. The van der Waals surface area contributed by atoms with E-state index in [1.54, 1.807) is 4.68 Å². The number of halogens is 1. The van der Waals surface area contributed by atoms with Gasteiger partial charge in [-0.2, -0.15) is 0 Å². The van der Waals surface area contributed by atoms with Crippen LogP contribution in [0.4, 0.5) is 0 Å². The average Bonchev–Trinajstić information content (AvgIpc) is 3.11. The van der Waals surface area contributed by atoms with Gasteiger partial charge in [-0.3, -0.25) is 9.48 Å². The maximum atomic E-state index is 14.3. The maximum absolute atomic E-state index is 14.3. The van der Waals surface area contributed by atoms with Crippen LogP contribution in [0.15, 0.2) is 126 Å². The van der Waals surface area contributed by atoms with E-state index in [0.717, 1.165) is 16.7 Å². The fourth-order valence-corrected chi connectivity index (χ4v) is 9.27. The van der Waals surface area contributed by atoms with Gasteiger partial charge in [-0.15, -0.1) is 24.0 Å². The highest BCUT2D eigenvalue weighted by Crippen LogP contribution is 2.54. The van der Waals surface area contributed by atoms with E-state index in [0.29, 0.717) is 0 Å². The molecular formula is C29H27IN2OP+. The molecule has 5 aromatic rings. The smallest absolute Gasteiger partial charge is 0.281 e. The van der Waals surface area contributed by atoms with Crippen molar-refractivity contribution in [1.29, 1.82) is 0 Å². The van der Waals surface area contributed by atoms with Crippen molar-refractivity contribution in [2.45, 2.75) is 6.92 Å². The monoisotopic (exact) mass is 577 g/mol. The van der Waals surface area contributed by atoms with Gasteiger partial charge in [0.15, 0.2) is 12.6 Å². The molecule has 0 aliphatic rings. The van der Waals surface area contributed by atoms with E-state index in [2.05, 4.69) is 79.7 Å². The molecule has 1 aromatic heterocycles. The Morgan fingerprint density at radius 3 is 1.32 bits per heavy atom. The average molecular weight is 577 g/mol. The van der Waals surface area contributed by atoms with Crippen LogP contribution in [0.25, 0.3) is 5.69 Å². The summed E-state index contributed by atoms with van der Waals surface area (Å²) in [6.07, 6.45) is 0. The molecule has 4 aromatic carbocycles. The fourth-order valence-electron chi connectivity index (χ4n) is 4.73. The van der Waals surface area contributed by atoms with Crippen molar-refractivity contribution >= 4 is 52.5 Å². The van der Waals surface area contributed by atoms with Crippen LogP contribution in [0.2, 0.25) is 0 Å². The van der Waals surface area contributed by atoms with E-state index in [1.807, 2.05) is 60.3 Å². The lowest BCUT2D eigenvalue weighted by molar-refractivity contribution is 0.630. The molecule has 0 bridgehead atoms. The molecule has 0 saturated heterocycles. The first-order chi connectivity index (χ1) is 16.2. The molecule has 3 nitrogen and oxygen atoms in total. The first-order valence-electron chi connectivity index (χ1n) is 11.1. The lowest BCUT2D eigenvalue weighted by Gasteiger charge is -2.26. The van der Waals surface area contributed by atoms with Crippen molar-refractivity contribution in [1.82, 2.24) is 9.36 Å². The molecule has 0 aliphatic carbocycles. The number of para-hydroxylation sites is 1. The summed E-state index contributed by atoms with van der Waals surface area (Å²) in [5.74, 6) is 0. The Morgan fingerprint density at radius 1 is 0.588 bits per heavy atom. The highest BCUT2D eigenvalue weighted by Gasteiger charge is 2.52. The van der Waals surface area contributed by atoms with E-state index in [9.17, 15) is 4.79 Å². The van der Waals surface area contributed by atoms with Crippen LogP contribution < -0.4 is 26.8 Å². The van der Waals surface area contributed by atoms with Gasteiger partial charge in [0.1, 0.15) is 15.9 Å². The van der Waals surface area contributed by atoms with Crippen LogP contribution in [0.1, 0.15) is 5.69 Å². The minimum absolute atomic E-state index is 0. The summed E-state index contributed by atoms with van der Waals surface area (Å²) < 4.78 is 3.80. The molecule has 1 heterocycles. The standard InChI is InChI=1S/C29H26N2OP.HI/c1-23-28(29(32)31(30(23)2)24-15-7-3-8-16-24)33(25-17-9-4-10-18-25,26-19-11-5-12-20-26)27-21-13-6-14-22-27;/h3-22H,1-2H3;1H/q+1;. The number of benzene rings is 4.